The number of hydrogen-bond donors (Lipinski definition) is 4. The second-order valence-corrected chi connectivity index (χ2v) is 18.1. The number of likely N-dealkylation sites (tertiary alicyclic amines) is 1. The number of amides is 4. The predicted molar refractivity (Wildman–Crippen MR) is 244 cm³/mol. The van der Waals surface area contributed by atoms with E-state index < -0.39 is 17.5 Å². The number of ether oxygens (including phenoxy) is 2. The molecule has 2 saturated heterocycles. The summed E-state index contributed by atoms with van der Waals surface area (Å²) >= 11 is 1.60. The highest BCUT2D eigenvalue weighted by Gasteiger charge is 2.42. The predicted octanol–water partition coefficient (Wildman–Crippen LogP) is 6.69. The lowest BCUT2D eigenvalue weighted by molar-refractivity contribution is -0.144. The number of hydrogen-bond acceptors (Lipinski definition) is 11. The van der Waals surface area contributed by atoms with E-state index in [9.17, 15) is 19.2 Å². The van der Waals surface area contributed by atoms with Gasteiger partial charge in [0.15, 0.2) is 0 Å². The maximum Gasteiger partial charge on any atom is 0.274 e. The van der Waals surface area contributed by atoms with E-state index in [-0.39, 0.29) is 48.5 Å². The summed E-state index contributed by atoms with van der Waals surface area (Å²) in [5, 5.41) is 16.1. The molecule has 2 fully saturated rings. The summed E-state index contributed by atoms with van der Waals surface area (Å²) in [4.78, 5) is 67.8. The number of anilines is 2. The summed E-state index contributed by atoms with van der Waals surface area (Å²) < 4.78 is 11.8. The zero-order valence-electron chi connectivity index (χ0n) is 36.8. The number of aromatic nitrogens is 4. The van der Waals surface area contributed by atoms with E-state index in [1.54, 1.807) is 35.5 Å². The van der Waals surface area contributed by atoms with Gasteiger partial charge in [-0.1, -0.05) is 51.1 Å². The highest BCUT2D eigenvalue weighted by Crippen LogP contribution is 2.33. The third-order valence-corrected chi connectivity index (χ3v) is 12.5. The highest BCUT2D eigenvalue weighted by molar-refractivity contribution is 7.13. The van der Waals surface area contributed by atoms with Crippen LogP contribution in [0.5, 0.6) is 5.75 Å². The lowest BCUT2D eigenvalue weighted by atomic mass is 9.85. The Hall–Kier alpha value is -6.13. The van der Waals surface area contributed by atoms with Crippen LogP contribution in [0.25, 0.3) is 21.8 Å². The average molecular weight is 876 g/mol. The number of aryl methyl sites for hydroxylation is 2. The van der Waals surface area contributed by atoms with Crippen molar-refractivity contribution in [3.05, 3.63) is 94.9 Å². The van der Waals surface area contributed by atoms with Crippen LogP contribution in [0.15, 0.2) is 72.2 Å². The molecule has 0 spiro atoms. The summed E-state index contributed by atoms with van der Waals surface area (Å²) in [5.41, 5.74) is 8.20. The summed E-state index contributed by atoms with van der Waals surface area (Å²) in [6.07, 6.45) is 2.89. The molecule has 5 heterocycles. The standard InChI is InChI=1S/C47H57N9O6S/c1-29-25-38(54-53-29)35-9-7-10-37(50-35)44(58)51-36-17-16-33(26-40(36)61-6)55-22-18-34(19-23-55)62-24-20-41(57)52-43(47(3,4)5)46(60)56-21-8-11-39(56)45(59)48-27-31-12-14-32(15-13-31)42-30(2)49-28-63-42/h7,9-10,12-17,25-26,28,34,39,43H,8,11,18-24,27H2,1-6H3,(H,48,59)(H,51,58)(H,52,57)(H,53,54)/t39-,43+/m0/s1. The van der Waals surface area contributed by atoms with Crippen LogP contribution < -0.4 is 25.6 Å². The zero-order chi connectivity index (χ0) is 44.7. The Kier molecular flexibility index (Phi) is 14.2. The van der Waals surface area contributed by atoms with Gasteiger partial charge in [-0.15, -0.1) is 11.3 Å². The van der Waals surface area contributed by atoms with Crippen molar-refractivity contribution in [2.24, 2.45) is 5.41 Å². The van der Waals surface area contributed by atoms with Crippen molar-refractivity contribution in [3.63, 3.8) is 0 Å². The molecule has 0 bridgehead atoms. The number of pyridine rings is 1. The molecule has 4 amide bonds. The molecule has 2 atom stereocenters. The molecule has 0 radical (unpaired) electrons. The molecule has 15 nitrogen and oxygen atoms in total. The number of thiazole rings is 1. The fraction of sp³-hybridized carbons (Fsp3) is 0.426. The number of carbonyl (C=O) groups is 4. The molecule has 2 aliphatic heterocycles. The molecule has 4 N–H and O–H groups in total. The lowest BCUT2D eigenvalue weighted by Crippen LogP contribution is -2.57. The second-order valence-electron chi connectivity index (χ2n) is 17.2. The largest absolute Gasteiger partial charge is 0.494 e. The molecule has 0 saturated carbocycles. The maximum atomic E-state index is 14.0. The Balaban J connectivity index is 0.855. The van der Waals surface area contributed by atoms with Gasteiger partial charge >= 0.3 is 0 Å². The first-order valence-corrected chi connectivity index (χ1v) is 22.4. The lowest BCUT2D eigenvalue weighted by Gasteiger charge is -2.35. The minimum atomic E-state index is -0.805. The van der Waals surface area contributed by atoms with E-state index in [0.29, 0.717) is 48.8 Å². The van der Waals surface area contributed by atoms with Crippen LogP contribution >= 0.6 is 11.3 Å². The van der Waals surface area contributed by atoms with Gasteiger partial charge in [0.1, 0.15) is 29.2 Å². The topological polar surface area (TPSA) is 184 Å². The Morgan fingerprint density at radius 3 is 2.41 bits per heavy atom. The molecular weight excluding hydrogens is 819 g/mol. The molecular formula is C47H57N9O6S. The first-order valence-electron chi connectivity index (χ1n) is 21.5. The third kappa shape index (κ3) is 11.1. The van der Waals surface area contributed by atoms with E-state index in [4.69, 9.17) is 9.47 Å². The van der Waals surface area contributed by atoms with Crippen LogP contribution in [0.2, 0.25) is 0 Å². The molecule has 3 aromatic heterocycles. The number of nitrogens with one attached hydrogen (secondary N) is 4. The monoisotopic (exact) mass is 875 g/mol. The average Bonchev–Trinajstić information content (AvgIpc) is 4.06. The Bertz CT molecular complexity index is 2400. The smallest absolute Gasteiger partial charge is 0.274 e. The number of methoxy groups -OCH3 is 1. The fourth-order valence-corrected chi connectivity index (χ4v) is 8.84. The van der Waals surface area contributed by atoms with Gasteiger partial charge in [0, 0.05) is 50.0 Å². The number of nitrogens with zero attached hydrogens (tertiary/aromatic N) is 5. The van der Waals surface area contributed by atoms with Gasteiger partial charge in [0.25, 0.3) is 5.91 Å². The van der Waals surface area contributed by atoms with E-state index in [1.807, 2.05) is 94.7 Å². The van der Waals surface area contributed by atoms with Crippen molar-refractivity contribution in [3.8, 4) is 27.6 Å². The van der Waals surface area contributed by atoms with Crippen LogP contribution in [0.1, 0.15) is 80.3 Å². The maximum absolute atomic E-state index is 14.0. The molecule has 2 aromatic carbocycles. The number of rotatable bonds is 15. The van der Waals surface area contributed by atoms with Gasteiger partial charge in [0.05, 0.1) is 47.3 Å². The van der Waals surface area contributed by atoms with Gasteiger partial charge < -0.3 is 35.2 Å². The summed E-state index contributed by atoms with van der Waals surface area (Å²) in [6.45, 7) is 12.2. The van der Waals surface area contributed by atoms with Crippen molar-refractivity contribution >= 4 is 46.3 Å². The second kappa shape index (κ2) is 19.9. The van der Waals surface area contributed by atoms with E-state index in [0.717, 1.165) is 59.0 Å². The number of benzene rings is 2. The minimum Gasteiger partial charge on any atom is -0.494 e. The van der Waals surface area contributed by atoms with E-state index >= 15 is 0 Å². The van der Waals surface area contributed by atoms with Crippen LogP contribution in [-0.2, 0) is 25.7 Å². The summed E-state index contributed by atoms with van der Waals surface area (Å²) in [6, 6.07) is 19.5. The van der Waals surface area contributed by atoms with Crippen LogP contribution in [0, 0.1) is 19.3 Å². The summed E-state index contributed by atoms with van der Waals surface area (Å²) in [5.74, 6) is -0.548. The fourth-order valence-electron chi connectivity index (χ4n) is 8.03. The van der Waals surface area contributed by atoms with E-state index in [1.165, 1.54) is 0 Å². The molecule has 332 valence electrons. The number of carbonyl (C=O) groups excluding carboxylic acids is 4. The van der Waals surface area contributed by atoms with Gasteiger partial charge in [-0.3, -0.25) is 24.3 Å². The van der Waals surface area contributed by atoms with E-state index in [2.05, 4.69) is 41.0 Å². The first-order chi connectivity index (χ1) is 30.3. The van der Waals surface area contributed by atoms with Gasteiger partial charge in [-0.05, 0) is 86.4 Å². The van der Waals surface area contributed by atoms with Crippen molar-refractivity contribution in [2.75, 3.05) is 43.6 Å². The number of piperidine rings is 1. The SMILES string of the molecule is COc1cc(N2CCC(OCCC(=O)N[C@H](C(=O)N3CCC[C@H]3C(=O)NCc3ccc(-c4scnc4C)cc3)C(C)(C)C)CC2)ccc1NC(=O)c1cccc(-c2cc(C)[nH]n2)n1. The third-order valence-electron chi connectivity index (χ3n) is 11.6. The molecule has 63 heavy (non-hydrogen) atoms. The van der Waals surface area contributed by atoms with Crippen LogP contribution in [0.3, 0.4) is 0 Å². The quantitative estimate of drug-likeness (QED) is 0.0885. The van der Waals surface area contributed by atoms with Crippen molar-refractivity contribution in [2.45, 2.75) is 91.5 Å². The van der Waals surface area contributed by atoms with Crippen molar-refractivity contribution in [1.82, 2.24) is 35.7 Å². The molecule has 5 aromatic rings. The Labute approximate surface area is 372 Å². The van der Waals surface area contributed by atoms with Crippen LogP contribution in [0.4, 0.5) is 11.4 Å². The minimum absolute atomic E-state index is 0.0208. The molecule has 0 aliphatic carbocycles. The van der Waals surface area contributed by atoms with Gasteiger partial charge in [0.2, 0.25) is 17.7 Å². The van der Waals surface area contributed by atoms with Gasteiger partial charge in [-0.25, -0.2) is 9.97 Å². The Morgan fingerprint density at radius 1 is 0.952 bits per heavy atom. The van der Waals surface area contributed by atoms with Crippen LogP contribution in [-0.4, -0.2) is 100 Å². The van der Waals surface area contributed by atoms with Crippen molar-refractivity contribution in [1.29, 1.82) is 0 Å². The zero-order valence-corrected chi connectivity index (χ0v) is 37.6. The number of H-pyrrole nitrogens is 1. The molecule has 16 heteroatoms. The summed E-state index contributed by atoms with van der Waals surface area (Å²) in [7, 11) is 1.57. The highest BCUT2D eigenvalue weighted by atomic mass is 32.1. The first kappa shape index (κ1) is 44.9. The molecule has 7 rings (SSSR count). The van der Waals surface area contributed by atoms with Gasteiger partial charge in [-0.2, -0.15) is 5.10 Å². The Morgan fingerprint density at radius 2 is 1.73 bits per heavy atom. The normalized spacial score (nSPS) is 16.1. The number of aromatic amines is 1. The molecule has 0 unspecified atom stereocenters. The van der Waals surface area contributed by atoms with Crippen molar-refractivity contribution < 1.29 is 28.7 Å². The molecule has 2 aliphatic rings.